The van der Waals surface area contributed by atoms with Crippen molar-refractivity contribution in [2.45, 2.75) is 39.8 Å². The van der Waals surface area contributed by atoms with E-state index in [2.05, 4.69) is 20.4 Å². The molecular formula is C30H27F3N6O2S. The van der Waals surface area contributed by atoms with Gasteiger partial charge in [-0.3, -0.25) is 9.69 Å². The van der Waals surface area contributed by atoms with Crippen molar-refractivity contribution in [3.8, 4) is 17.1 Å². The lowest BCUT2D eigenvalue weighted by atomic mass is 9.99. The number of carbonyl (C=O) groups is 2. The first-order valence-electron chi connectivity index (χ1n) is 13.1. The number of urea groups is 1. The Balaban J connectivity index is 1.34. The third-order valence-corrected chi connectivity index (χ3v) is 7.59. The monoisotopic (exact) mass is 592 g/mol. The molecule has 0 spiro atoms. The Kier molecular flexibility index (Phi) is 7.91. The molecule has 42 heavy (non-hydrogen) atoms. The number of benzene rings is 3. The van der Waals surface area contributed by atoms with E-state index in [1.54, 1.807) is 25.1 Å². The number of amides is 3. The number of hydrogen-bond acceptors (Lipinski definition) is 5. The molecular weight excluding hydrogens is 565 g/mol. The van der Waals surface area contributed by atoms with Gasteiger partial charge in [0.25, 0.3) is 0 Å². The minimum atomic E-state index is -4.47. The average Bonchev–Trinajstić information content (AvgIpc) is 3.56. The molecule has 3 amide bonds. The van der Waals surface area contributed by atoms with E-state index in [4.69, 9.17) is 0 Å². The molecule has 1 aliphatic heterocycles. The highest BCUT2D eigenvalue weighted by molar-refractivity contribution is 8.15. The van der Waals surface area contributed by atoms with Gasteiger partial charge in [0.15, 0.2) is 11.0 Å². The number of anilines is 2. The van der Waals surface area contributed by atoms with Gasteiger partial charge >= 0.3 is 12.2 Å². The summed E-state index contributed by atoms with van der Waals surface area (Å²) in [5.74, 6) is 0.521. The summed E-state index contributed by atoms with van der Waals surface area (Å²) in [4.78, 5) is 35.7. The first kappa shape index (κ1) is 29.1. The highest BCUT2D eigenvalue weighted by Crippen LogP contribution is 2.34. The maximum atomic E-state index is 13.1. The molecule has 0 radical (unpaired) electrons. The maximum Gasteiger partial charge on any atom is 0.416 e. The average molecular weight is 593 g/mol. The SMILES string of the molecule is Cc1ccc(C(C)C)c(N2C(=O)CSC2=NC(=O)Nc2ccc(-c3ncn(-c4cccc(C(F)(F)F)c4)n3)cc2C)c1. The van der Waals surface area contributed by atoms with Gasteiger partial charge in [-0.15, -0.1) is 5.10 Å². The third-order valence-electron chi connectivity index (χ3n) is 6.67. The summed E-state index contributed by atoms with van der Waals surface area (Å²) in [5.41, 5.74) is 3.98. The Morgan fingerprint density at radius 2 is 1.86 bits per heavy atom. The van der Waals surface area contributed by atoms with Crippen LogP contribution < -0.4 is 10.2 Å². The molecule has 0 bridgehead atoms. The van der Waals surface area contributed by atoms with Crippen LogP contribution in [-0.4, -0.2) is 37.6 Å². The molecule has 5 rings (SSSR count). The van der Waals surface area contributed by atoms with E-state index in [0.717, 1.165) is 28.9 Å². The Hall–Kier alpha value is -4.45. The molecule has 1 aromatic heterocycles. The molecule has 216 valence electrons. The minimum Gasteiger partial charge on any atom is -0.306 e. The zero-order chi connectivity index (χ0) is 30.2. The number of alkyl halides is 3. The van der Waals surface area contributed by atoms with Gasteiger partial charge in [0.05, 0.1) is 22.7 Å². The highest BCUT2D eigenvalue weighted by atomic mass is 32.2. The molecule has 0 aliphatic carbocycles. The highest BCUT2D eigenvalue weighted by Gasteiger charge is 2.33. The summed E-state index contributed by atoms with van der Waals surface area (Å²) in [5, 5.41) is 7.41. The summed E-state index contributed by atoms with van der Waals surface area (Å²) < 4.78 is 40.6. The summed E-state index contributed by atoms with van der Waals surface area (Å²) in [7, 11) is 0. The van der Waals surface area contributed by atoms with Crippen molar-refractivity contribution >= 4 is 40.2 Å². The molecule has 1 saturated heterocycles. The van der Waals surface area contributed by atoms with Gasteiger partial charge < -0.3 is 5.32 Å². The first-order valence-corrected chi connectivity index (χ1v) is 14.1. The van der Waals surface area contributed by atoms with Crippen LogP contribution in [0.2, 0.25) is 0 Å². The Morgan fingerprint density at radius 3 is 2.57 bits per heavy atom. The van der Waals surface area contributed by atoms with Crippen LogP contribution in [-0.2, 0) is 11.0 Å². The van der Waals surface area contributed by atoms with Gasteiger partial charge in [0.1, 0.15) is 6.33 Å². The zero-order valence-corrected chi connectivity index (χ0v) is 24.0. The molecule has 8 nitrogen and oxygen atoms in total. The second-order valence-corrected chi connectivity index (χ2v) is 11.1. The number of aryl methyl sites for hydroxylation is 2. The maximum absolute atomic E-state index is 13.1. The van der Waals surface area contributed by atoms with E-state index in [1.165, 1.54) is 39.8 Å². The Labute approximate surface area is 244 Å². The molecule has 0 saturated carbocycles. The van der Waals surface area contributed by atoms with Crippen LogP contribution >= 0.6 is 11.8 Å². The van der Waals surface area contributed by atoms with Crippen LogP contribution in [0.5, 0.6) is 0 Å². The molecule has 1 aliphatic rings. The van der Waals surface area contributed by atoms with E-state index in [9.17, 15) is 22.8 Å². The van der Waals surface area contributed by atoms with Crippen molar-refractivity contribution in [2.75, 3.05) is 16.0 Å². The van der Waals surface area contributed by atoms with Gasteiger partial charge in [-0.05, 0) is 78.9 Å². The van der Waals surface area contributed by atoms with E-state index >= 15 is 0 Å². The number of rotatable bonds is 5. The summed E-state index contributed by atoms with van der Waals surface area (Å²) in [6, 6.07) is 15.2. The fraction of sp³-hybridized carbons (Fsp3) is 0.233. The molecule has 4 aromatic rings. The number of amidine groups is 1. The number of halogens is 3. The fourth-order valence-corrected chi connectivity index (χ4v) is 5.39. The number of aromatic nitrogens is 3. The Bertz CT molecular complexity index is 1710. The van der Waals surface area contributed by atoms with Crippen LogP contribution in [0.3, 0.4) is 0 Å². The fourth-order valence-electron chi connectivity index (χ4n) is 4.53. The van der Waals surface area contributed by atoms with Crippen molar-refractivity contribution in [3.05, 3.63) is 89.2 Å². The van der Waals surface area contributed by atoms with Crippen molar-refractivity contribution in [3.63, 3.8) is 0 Å². The first-order chi connectivity index (χ1) is 19.9. The molecule has 0 unspecified atom stereocenters. The van der Waals surface area contributed by atoms with Crippen LogP contribution in [0, 0.1) is 13.8 Å². The molecule has 1 fully saturated rings. The standard InChI is InChI=1S/C30H27F3N6O2S/c1-17(2)23-10-8-18(3)12-25(23)39-26(40)15-42-29(39)36-28(41)35-24-11-9-20(13-19(24)4)27-34-16-38(37-27)22-7-5-6-21(14-22)30(31,32)33/h5-14,16-17H,15H2,1-4H3,(H,35,41). The van der Waals surface area contributed by atoms with Gasteiger partial charge in [0, 0.05) is 11.3 Å². The van der Waals surface area contributed by atoms with Crippen LogP contribution in [0.4, 0.5) is 29.3 Å². The number of nitrogens with one attached hydrogen (secondary N) is 1. The Morgan fingerprint density at radius 1 is 1.07 bits per heavy atom. The van der Waals surface area contributed by atoms with Crippen molar-refractivity contribution in [2.24, 2.45) is 4.99 Å². The summed E-state index contributed by atoms with van der Waals surface area (Å²) in [6.45, 7) is 7.83. The molecule has 3 aromatic carbocycles. The summed E-state index contributed by atoms with van der Waals surface area (Å²) in [6.07, 6.45) is -3.12. The second-order valence-electron chi connectivity index (χ2n) is 10.1. The normalized spacial score (nSPS) is 14.7. The van der Waals surface area contributed by atoms with Crippen LogP contribution in [0.1, 0.15) is 42.0 Å². The van der Waals surface area contributed by atoms with Gasteiger partial charge in [0.2, 0.25) is 5.91 Å². The predicted octanol–water partition coefficient (Wildman–Crippen LogP) is 7.36. The number of carbonyl (C=O) groups excluding carboxylic acids is 2. The summed E-state index contributed by atoms with van der Waals surface area (Å²) >= 11 is 1.21. The van der Waals surface area contributed by atoms with E-state index in [1.807, 2.05) is 39.0 Å². The third kappa shape index (κ3) is 6.08. The van der Waals surface area contributed by atoms with Crippen molar-refractivity contribution < 1.29 is 22.8 Å². The topological polar surface area (TPSA) is 92.5 Å². The second kappa shape index (κ2) is 11.4. The molecule has 2 heterocycles. The predicted molar refractivity (Wildman–Crippen MR) is 158 cm³/mol. The van der Waals surface area contributed by atoms with E-state index in [0.29, 0.717) is 27.8 Å². The van der Waals surface area contributed by atoms with Gasteiger partial charge in [-0.2, -0.15) is 18.2 Å². The zero-order valence-electron chi connectivity index (χ0n) is 23.2. The van der Waals surface area contributed by atoms with E-state index in [-0.39, 0.29) is 23.3 Å². The van der Waals surface area contributed by atoms with Crippen LogP contribution in [0.25, 0.3) is 17.1 Å². The molecule has 1 N–H and O–H groups in total. The lowest BCUT2D eigenvalue weighted by Crippen LogP contribution is -2.31. The van der Waals surface area contributed by atoms with Gasteiger partial charge in [-0.25, -0.2) is 14.5 Å². The molecule has 0 atom stereocenters. The number of thioether (sulfide) groups is 1. The largest absolute Gasteiger partial charge is 0.416 e. The van der Waals surface area contributed by atoms with Crippen LogP contribution in [0.15, 0.2) is 72.0 Å². The molecule has 12 heteroatoms. The number of nitrogens with zero attached hydrogens (tertiary/aromatic N) is 5. The smallest absolute Gasteiger partial charge is 0.306 e. The lowest BCUT2D eigenvalue weighted by Gasteiger charge is -2.22. The number of aliphatic imine (C=N–C) groups is 1. The minimum absolute atomic E-state index is 0.142. The lowest BCUT2D eigenvalue weighted by molar-refractivity contribution is -0.137. The van der Waals surface area contributed by atoms with Gasteiger partial charge in [-0.1, -0.05) is 43.8 Å². The quantitative estimate of drug-likeness (QED) is 0.261. The van der Waals surface area contributed by atoms with E-state index < -0.39 is 17.8 Å². The van der Waals surface area contributed by atoms with Crippen molar-refractivity contribution in [1.82, 2.24) is 14.8 Å². The number of hydrogen-bond donors (Lipinski definition) is 1. The van der Waals surface area contributed by atoms with Crippen molar-refractivity contribution in [1.29, 1.82) is 0 Å².